The summed E-state index contributed by atoms with van der Waals surface area (Å²) in [6.07, 6.45) is 8.91. The van der Waals surface area contributed by atoms with Gasteiger partial charge in [-0.05, 0) is 274 Å². The lowest BCUT2D eigenvalue weighted by Gasteiger charge is -2.30. The summed E-state index contributed by atoms with van der Waals surface area (Å²) in [5.74, 6) is -11.0. The molecule has 700 valence electrons. The number of carbonyl (C=O) groups is 14. The first-order valence-electron chi connectivity index (χ1n) is 44.9. The molecule has 0 saturated carbocycles. The first-order chi connectivity index (χ1) is 57.3. The number of primary amides is 1. The van der Waals surface area contributed by atoms with Crippen molar-refractivity contribution in [3.05, 3.63) is 0 Å². The van der Waals surface area contributed by atoms with Crippen LogP contribution in [0.2, 0.25) is 0 Å². The maximum atomic E-state index is 14.9. The van der Waals surface area contributed by atoms with Crippen LogP contribution < -0.4 is 126 Å². The van der Waals surface area contributed by atoms with E-state index in [2.05, 4.69) is 69.1 Å². The van der Waals surface area contributed by atoms with Crippen LogP contribution >= 0.6 is 0 Å². The molecule has 0 aromatic heterocycles. The van der Waals surface area contributed by atoms with Gasteiger partial charge in [0.15, 0.2) is 0 Å². The minimum atomic E-state index is -1.32. The average Bonchev–Trinajstić information content (AvgIpc) is 0.854. The fourth-order valence-electron chi connectivity index (χ4n) is 13.7. The summed E-state index contributed by atoms with van der Waals surface area (Å²) in [6.45, 7) is 24.4. The zero-order valence-corrected chi connectivity index (χ0v) is 75.4. The lowest BCUT2D eigenvalue weighted by molar-refractivity contribution is -0.137. The van der Waals surface area contributed by atoms with Gasteiger partial charge in [0.1, 0.15) is 78.5 Å². The quantitative estimate of drug-likeness (QED) is 0.0338. The number of amides is 14. The van der Waals surface area contributed by atoms with Gasteiger partial charge in [-0.25, -0.2) is 0 Å². The van der Waals surface area contributed by atoms with Gasteiger partial charge in [0.2, 0.25) is 82.7 Å². The molecule has 0 radical (unpaired) electrons. The van der Waals surface area contributed by atoms with E-state index < -0.39 is 167 Å². The predicted octanol–water partition coefficient (Wildman–Crippen LogP) is -0.590. The van der Waals surface area contributed by atoms with Crippen molar-refractivity contribution in [3.63, 3.8) is 0 Å². The lowest BCUT2D eigenvalue weighted by Crippen LogP contribution is -2.61. The smallest absolute Gasteiger partial charge is 0.243 e. The zero-order chi connectivity index (χ0) is 91.7. The summed E-state index contributed by atoms with van der Waals surface area (Å²) >= 11 is 0. The Morgan fingerprint density at radius 2 is 0.306 bits per heavy atom. The molecule has 0 aliphatic carbocycles. The van der Waals surface area contributed by atoms with Crippen LogP contribution in [0.4, 0.5) is 0 Å². The van der Waals surface area contributed by atoms with Crippen molar-refractivity contribution in [1.82, 2.24) is 69.1 Å². The topological polar surface area (TPSA) is 656 Å². The van der Waals surface area contributed by atoms with Gasteiger partial charge in [0.25, 0.3) is 0 Å². The molecule has 0 saturated heterocycles. The minimum Gasteiger partial charge on any atom is -0.368 e. The molecule has 33 N–H and O–H groups in total. The maximum Gasteiger partial charge on any atom is 0.243 e. The summed E-state index contributed by atoms with van der Waals surface area (Å²) in [5.41, 5.74) is 58.7. The third-order valence-electron chi connectivity index (χ3n) is 20.4. The number of nitrogens with one attached hydrogen (secondary N) is 13. The van der Waals surface area contributed by atoms with E-state index in [9.17, 15) is 67.1 Å². The largest absolute Gasteiger partial charge is 0.368 e. The molecule has 14 atom stereocenters. The van der Waals surface area contributed by atoms with Crippen LogP contribution in [0.5, 0.6) is 0 Å². The Kier molecular flexibility index (Phi) is 61.6. The third kappa shape index (κ3) is 50.6. The van der Waals surface area contributed by atoms with Crippen LogP contribution in [-0.4, -0.2) is 220 Å². The predicted molar refractivity (Wildman–Crippen MR) is 472 cm³/mol. The van der Waals surface area contributed by atoms with Crippen LogP contribution in [0.1, 0.15) is 276 Å². The number of nitrogens with two attached hydrogens (primary N) is 10. The van der Waals surface area contributed by atoms with Crippen molar-refractivity contribution in [2.24, 2.45) is 92.8 Å². The number of carbonyl (C=O) groups excluding carboxylic acids is 14. The normalized spacial score (nSPS) is 15.1. The molecule has 14 amide bonds. The maximum absolute atomic E-state index is 14.9. The van der Waals surface area contributed by atoms with Crippen molar-refractivity contribution >= 4 is 82.7 Å². The molecule has 0 bridgehead atoms. The summed E-state index contributed by atoms with van der Waals surface area (Å²) < 4.78 is 0. The highest BCUT2D eigenvalue weighted by Gasteiger charge is 2.39. The summed E-state index contributed by atoms with van der Waals surface area (Å²) in [7, 11) is 0. The molecule has 0 aliphatic heterocycles. The van der Waals surface area contributed by atoms with E-state index >= 15 is 0 Å². The lowest BCUT2D eigenvalue weighted by atomic mass is 9.98. The molecule has 37 heteroatoms. The van der Waals surface area contributed by atoms with Gasteiger partial charge in [-0.2, -0.15) is 0 Å². The average molecular weight is 1720 g/mol. The van der Waals surface area contributed by atoms with Crippen molar-refractivity contribution < 1.29 is 67.1 Å². The standard InChI is InChI=1S/C84H165N23O14/c1-51(2)45-65(71(94)108)102-76(113)62(34-18-26-42-90)96-73(110)59(31-15-23-39-87)100-81(118)68(48-54(7)8)107-84(121)70(50-56(11)12)105-79(116)64(36-20-28-44-92)98-74(111)60(32-16-24-40-88)99-80(117)66(46-52(3)4)103-78(115)63(35-19-27-43-91)97-75(112)61(33-17-25-41-89)101-82(119)67(47-53(5)6)106-83(120)69(49-55(9)10)104-77(114)58(30-14-22-38-86)95-72(109)57(93)29-13-21-37-85/h51-70H,13-50,85-93H2,1-12H3,(H2,94,108)(H,95,109)(H,96,110)(H,97,112)(H,98,111)(H,99,117)(H,100,118)(H,101,119)(H,102,113)(H,103,115)(H,104,114)(H,105,116)(H,106,120)(H,107,121)/t57-,58-,59-,60-,61-,62-,63-,64-,65-,66-,67-,68-,69-,70-/m1/s1. The van der Waals surface area contributed by atoms with Gasteiger partial charge < -0.3 is 126 Å². The Morgan fingerprint density at radius 3 is 0.455 bits per heavy atom. The van der Waals surface area contributed by atoms with E-state index in [4.69, 9.17) is 57.3 Å². The highest BCUT2D eigenvalue weighted by molar-refractivity contribution is 6.00. The van der Waals surface area contributed by atoms with Crippen LogP contribution in [0.25, 0.3) is 0 Å². The van der Waals surface area contributed by atoms with Crippen LogP contribution in [-0.2, 0) is 67.1 Å². The number of hydrogen-bond donors (Lipinski definition) is 23. The van der Waals surface area contributed by atoms with Gasteiger partial charge in [0, 0.05) is 0 Å². The monoisotopic (exact) mass is 1720 g/mol. The molecule has 0 heterocycles. The van der Waals surface area contributed by atoms with Crippen molar-refractivity contribution in [3.8, 4) is 0 Å². The zero-order valence-electron chi connectivity index (χ0n) is 75.4. The van der Waals surface area contributed by atoms with Gasteiger partial charge >= 0.3 is 0 Å². The Balaban J connectivity index is 7.42. The van der Waals surface area contributed by atoms with E-state index in [1.54, 1.807) is 0 Å². The van der Waals surface area contributed by atoms with Crippen LogP contribution in [0.15, 0.2) is 0 Å². The van der Waals surface area contributed by atoms with Gasteiger partial charge in [0.05, 0.1) is 6.04 Å². The summed E-state index contributed by atoms with van der Waals surface area (Å²) in [4.78, 5) is 201. The molecule has 37 nitrogen and oxygen atoms in total. The van der Waals surface area contributed by atoms with E-state index in [1.807, 2.05) is 83.1 Å². The Labute approximate surface area is 721 Å². The molecule has 0 aromatic carbocycles. The third-order valence-corrected chi connectivity index (χ3v) is 20.4. The van der Waals surface area contributed by atoms with E-state index in [-0.39, 0.29) is 152 Å². The highest BCUT2D eigenvalue weighted by atomic mass is 16.2. The molecule has 0 aliphatic rings. The van der Waals surface area contributed by atoms with Crippen LogP contribution in [0, 0.1) is 35.5 Å². The van der Waals surface area contributed by atoms with E-state index in [1.165, 1.54) is 0 Å². The second kappa shape index (κ2) is 65.8. The summed E-state index contributed by atoms with van der Waals surface area (Å²) in [6, 6.07) is -16.8. The Bertz CT molecular complexity index is 3040. The van der Waals surface area contributed by atoms with Gasteiger partial charge in [-0.1, -0.05) is 89.5 Å². The number of unbranched alkanes of at least 4 members (excludes halogenated alkanes) is 8. The second-order valence-electron chi connectivity index (χ2n) is 34.9. The fourth-order valence-corrected chi connectivity index (χ4v) is 13.7. The highest BCUT2D eigenvalue weighted by Crippen LogP contribution is 2.19. The minimum absolute atomic E-state index is 0.00793. The Morgan fingerprint density at radius 1 is 0.182 bits per heavy atom. The van der Waals surface area contributed by atoms with Crippen molar-refractivity contribution in [2.75, 3.05) is 52.4 Å². The number of rotatable bonds is 71. The molecular weight excluding hydrogens is 1560 g/mol. The van der Waals surface area contributed by atoms with Crippen molar-refractivity contribution in [2.45, 2.75) is 360 Å². The fraction of sp³-hybridized carbons (Fsp3) is 0.833. The molecule has 0 unspecified atom stereocenters. The van der Waals surface area contributed by atoms with Crippen molar-refractivity contribution in [1.29, 1.82) is 0 Å². The Hall–Kier alpha value is -7.78. The van der Waals surface area contributed by atoms with E-state index in [0.29, 0.717) is 129 Å². The number of hydrogen-bond acceptors (Lipinski definition) is 23. The first-order valence-corrected chi connectivity index (χ1v) is 44.9. The molecule has 0 rings (SSSR count). The van der Waals surface area contributed by atoms with Gasteiger partial charge in [-0.3, -0.25) is 67.1 Å². The summed E-state index contributed by atoms with van der Waals surface area (Å²) in [5, 5.41) is 36.5. The molecule has 0 spiro atoms. The SMILES string of the molecule is CC(C)C[C@@H](NC(=O)[C@@H](CCCCN)NC(=O)[C@@H](CCCCN)NC(=O)[C@@H](CC(C)C)NC(=O)[C@@H](CC(C)C)NC(=O)[C@@H](CCCCN)NC(=O)[C@@H](CCCCN)NC(=O)[C@@H](CC(C)C)NC(=O)[C@@H](CCCCN)NC(=O)[C@@H](CCCCN)NC(=O)[C@@H](CC(C)C)NC(=O)[C@@H](CC(C)C)NC(=O)[C@@H](CCCCN)NC(=O)[C@H](N)CCCCN)C(N)=O. The molecular formula is C84H165N23O14. The molecule has 121 heavy (non-hydrogen) atoms. The van der Waals surface area contributed by atoms with Crippen LogP contribution in [0.3, 0.4) is 0 Å². The van der Waals surface area contributed by atoms with Gasteiger partial charge in [-0.15, -0.1) is 0 Å². The molecule has 0 aromatic rings. The second-order valence-corrected chi connectivity index (χ2v) is 34.9. The van der Waals surface area contributed by atoms with E-state index in [0.717, 1.165) is 0 Å². The molecule has 0 fully saturated rings. The first kappa shape index (κ1) is 113.